The molecule has 2 aliphatic rings. The summed E-state index contributed by atoms with van der Waals surface area (Å²) in [5.41, 5.74) is 0. The Morgan fingerprint density at radius 2 is 1.73 bits per heavy atom. The highest BCUT2D eigenvalue weighted by Crippen LogP contribution is 2.52. The number of amides is 1. The quantitative estimate of drug-likeness (QED) is 0.600. The number of carbonyl (C=O) groups excluding carboxylic acids is 1. The lowest BCUT2D eigenvalue weighted by Gasteiger charge is -2.58. The molecule has 3 rings (SSSR count). The van der Waals surface area contributed by atoms with E-state index in [-0.39, 0.29) is 16.2 Å². The second kappa shape index (κ2) is 6.75. The molecular weight excluding hydrogens is 314 g/mol. The van der Waals surface area contributed by atoms with E-state index in [0.717, 1.165) is 18.6 Å². The molecule has 1 amide bonds. The molecule has 1 unspecified atom stereocenters. The van der Waals surface area contributed by atoms with Crippen LogP contribution >= 0.6 is 23.5 Å². The summed E-state index contributed by atoms with van der Waals surface area (Å²) in [4.78, 5) is 14.9. The van der Waals surface area contributed by atoms with Crippen LogP contribution in [0.4, 0.5) is 0 Å². The van der Waals surface area contributed by atoms with Gasteiger partial charge in [0.2, 0.25) is 6.10 Å². The Hall–Kier alpha value is -0.810. The maximum absolute atomic E-state index is 12.8. The van der Waals surface area contributed by atoms with Gasteiger partial charge in [0, 0.05) is 6.04 Å². The van der Waals surface area contributed by atoms with Crippen molar-refractivity contribution >= 4 is 29.4 Å². The van der Waals surface area contributed by atoms with Crippen LogP contribution in [0, 0.1) is 0 Å². The fourth-order valence-electron chi connectivity index (χ4n) is 3.52. The van der Waals surface area contributed by atoms with Crippen molar-refractivity contribution in [2.24, 2.45) is 0 Å². The number of carbonyl (C=O) groups is 1. The summed E-state index contributed by atoms with van der Waals surface area (Å²) in [6.07, 6.45) is 9.81. The third-order valence-electron chi connectivity index (χ3n) is 4.65. The zero-order chi connectivity index (χ0) is 15.6. The molecule has 0 bridgehead atoms. The lowest BCUT2D eigenvalue weighted by Crippen LogP contribution is -2.75. The van der Waals surface area contributed by atoms with Crippen LogP contribution in [0.3, 0.4) is 0 Å². The van der Waals surface area contributed by atoms with Gasteiger partial charge in [-0.3, -0.25) is 4.79 Å². The van der Waals surface area contributed by atoms with E-state index in [1.165, 1.54) is 19.3 Å². The average molecular weight is 338 g/mol. The minimum Gasteiger partial charge on any atom is -0.476 e. The van der Waals surface area contributed by atoms with Gasteiger partial charge in [0.25, 0.3) is 5.91 Å². The number of ether oxygens (including phenoxy) is 1. The number of hydrogen-bond donors (Lipinski definition) is 0. The van der Waals surface area contributed by atoms with Gasteiger partial charge in [-0.1, -0.05) is 37.5 Å². The van der Waals surface area contributed by atoms with E-state index in [4.69, 9.17) is 4.74 Å². The van der Waals surface area contributed by atoms with Gasteiger partial charge in [0.15, 0.2) is 4.20 Å². The van der Waals surface area contributed by atoms with Gasteiger partial charge in [-0.2, -0.15) is 0 Å². The summed E-state index contributed by atoms with van der Waals surface area (Å²) in [7, 11) is 0. The van der Waals surface area contributed by atoms with Crippen molar-refractivity contribution in [2.75, 3.05) is 12.5 Å². The van der Waals surface area contributed by atoms with Gasteiger partial charge in [-0.05, 0) is 37.5 Å². The van der Waals surface area contributed by atoms with Crippen LogP contribution in [-0.4, -0.2) is 39.7 Å². The first-order valence-electron chi connectivity index (χ1n) is 7.88. The largest absolute Gasteiger partial charge is 0.476 e. The number of β-lactam (4-membered cyclic amide) rings is 1. The van der Waals surface area contributed by atoms with E-state index in [0.29, 0.717) is 6.04 Å². The van der Waals surface area contributed by atoms with Gasteiger partial charge in [-0.25, -0.2) is 0 Å². The fraction of sp³-hybridized carbons (Fsp3) is 0.588. The maximum Gasteiger partial charge on any atom is 0.270 e. The molecule has 120 valence electrons. The predicted octanol–water partition coefficient (Wildman–Crippen LogP) is 3.99. The van der Waals surface area contributed by atoms with E-state index in [9.17, 15) is 4.79 Å². The number of hydrogen-bond acceptors (Lipinski definition) is 4. The third kappa shape index (κ3) is 2.62. The Labute approximate surface area is 141 Å². The number of benzene rings is 1. The van der Waals surface area contributed by atoms with E-state index in [2.05, 4.69) is 17.4 Å². The minimum absolute atomic E-state index is 0.152. The van der Waals surface area contributed by atoms with Crippen LogP contribution in [0.2, 0.25) is 0 Å². The van der Waals surface area contributed by atoms with Gasteiger partial charge in [-0.15, -0.1) is 23.5 Å². The maximum atomic E-state index is 12.8. The van der Waals surface area contributed by atoms with E-state index in [1.54, 1.807) is 23.5 Å². The first kappa shape index (κ1) is 16.1. The molecule has 1 aromatic rings. The fourth-order valence-corrected chi connectivity index (χ4v) is 5.79. The summed E-state index contributed by atoms with van der Waals surface area (Å²) in [5.74, 6) is 0.927. The SMILES string of the molecule is CSC1(SC)C(Oc2ccccc2)C(=O)N1C1CCCCC1. The van der Waals surface area contributed by atoms with Gasteiger partial charge < -0.3 is 9.64 Å². The molecule has 0 aromatic heterocycles. The first-order chi connectivity index (χ1) is 10.7. The lowest BCUT2D eigenvalue weighted by atomic mass is 9.91. The summed E-state index contributed by atoms with van der Waals surface area (Å²) in [6.45, 7) is 0. The monoisotopic (exact) mass is 337 g/mol. The molecule has 3 nitrogen and oxygen atoms in total. The minimum atomic E-state index is -0.387. The molecule has 1 atom stereocenters. The average Bonchev–Trinajstić information content (AvgIpc) is 2.59. The molecule has 0 N–H and O–H groups in total. The number of rotatable bonds is 5. The predicted molar refractivity (Wildman–Crippen MR) is 94.3 cm³/mol. The van der Waals surface area contributed by atoms with Crippen LogP contribution in [0.5, 0.6) is 5.75 Å². The second-order valence-electron chi connectivity index (χ2n) is 5.85. The molecule has 0 spiro atoms. The van der Waals surface area contributed by atoms with Crippen molar-refractivity contribution in [2.45, 2.75) is 48.5 Å². The molecule has 2 fully saturated rings. The van der Waals surface area contributed by atoms with Crippen molar-refractivity contribution < 1.29 is 9.53 Å². The summed E-state index contributed by atoms with van der Waals surface area (Å²) in [5, 5.41) is 0. The molecule has 1 aromatic carbocycles. The van der Waals surface area contributed by atoms with Crippen molar-refractivity contribution in [1.29, 1.82) is 0 Å². The highest BCUT2D eigenvalue weighted by Gasteiger charge is 2.63. The van der Waals surface area contributed by atoms with Crippen molar-refractivity contribution in [3.63, 3.8) is 0 Å². The van der Waals surface area contributed by atoms with Crippen molar-refractivity contribution in [3.8, 4) is 5.75 Å². The second-order valence-corrected chi connectivity index (χ2v) is 8.17. The van der Waals surface area contributed by atoms with Gasteiger partial charge >= 0.3 is 0 Å². The number of nitrogens with zero attached hydrogens (tertiary/aromatic N) is 1. The molecule has 22 heavy (non-hydrogen) atoms. The summed E-state index contributed by atoms with van der Waals surface area (Å²) < 4.78 is 5.77. The highest BCUT2D eigenvalue weighted by atomic mass is 32.2. The zero-order valence-electron chi connectivity index (χ0n) is 13.2. The van der Waals surface area contributed by atoms with E-state index < -0.39 is 0 Å². The molecule has 1 saturated heterocycles. The standard InChI is InChI=1S/C17H23NO2S2/c1-21-17(22-2)15(20-14-11-7-4-8-12-14)16(19)18(17)13-9-5-3-6-10-13/h4,7-8,11-13,15H,3,5-6,9-10H2,1-2H3. The Bertz CT molecular complexity index is 513. The normalized spacial score (nSPS) is 24.9. The highest BCUT2D eigenvalue weighted by molar-refractivity contribution is 8.17. The molecular formula is C17H23NO2S2. The van der Waals surface area contributed by atoms with E-state index >= 15 is 0 Å². The van der Waals surface area contributed by atoms with Crippen LogP contribution in [0.25, 0.3) is 0 Å². The lowest BCUT2D eigenvalue weighted by molar-refractivity contribution is -0.164. The van der Waals surface area contributed by atoms with Gasteiger partial charge in [0.05, 0.1) is 0 Å². The molecule has 0 radical (unpaired) electrons. The Morgan fingerprint density at radius 1 is 1.09 bits per heavy atom. The molecule has 1 aliphatic heterocycles. The zero-order valence-corrected chi connectivity index (χ0v) is 14.8. The van der Waals surface area contributed by atoms with Gasteiger partial charge in [0.1, 0.15) is 5.75 Å². The number of para-hydroxylation sites is 1. The molecule has 1 heterocycles. The number of thioether (sulfide) groups is 2. The first-order valence-corrected chi connectivity index (χ1v) is 10.3. The molecule has 5 heteroatoms. The molecule has 1 aliphatic carbocycles. The Morgan fingerprint density at radius 3 is 2.32 bits per heavy atom. The van der Waals surface area contributed by atoms with E-state index in [1.807, 2.05) is 30.3 Å². The molecule has 1 saturated carbocycles. The van der Waals surface area contributed by atoms with Crippen LogP contribution in [-0.2, 0) is 4.79 Å². The number of likely N-dealkylation sites (tertiary alicyclic amines) is 1. The van der Waals surface area contributed by atoms with Crippen molar-refractivity contribution in [1.82, 2.24) is 4.90 Å². The topological polar surface area (TPSA) is 29.5 Å². The summed E-state index contributed by atoms with van der Waals surface area (Å²) >= 11 is 3.47. The van der Waals surface area contributed by atoms with Crippen LogP contribution in [0.1, 0.15) is 32.1 Å². The Kier molecular flexibility index (Phi) is 4.93. The van der Waals surface area contributed by atoms with Crippen LogP contribution in [0.15, 0.2) is 30.3 Å². The summed E-state index contributed by atoms with van der Waals surface area (Å²) in [6, 6.07) is 10.1. The van der Waals surface area contributed by atoms with Crippen LogP contribution < -0.4 is 4.74 Å². The van der Waals surface area contributed by atoms with Crippen molar-refractivity contribution in [3.05, 3.63) is 30.3 Å². The Balaban J connectivity index is 1.80. The smallest absolute Gasteiger partial charge is 0.270 e. The third-order valence-corrected chi connectivity index (χ3v) is 7.64.